The number of hydrogen-bond donors (Lipinski definition) is 1. The average Bonchev–Trinajstić information content (AvgIpc) is 2.58. The molecule has 1 N–H and O–H groups in total. The van der Waals surface area contributed by atoms with Crippen LogP contribution in [0.15, 0.2) is 18.2 Å². The minimum Gasteiger partial charge on any atom is -0.465 e. The lowest BCUT2D eigenvalue weighted by atomic mass is 10.1. The topological polar surface area (TPSA) is 47.0 Å². The zero-order valence-electron chi connectivity index (χ0n) is 13.4. The molecular formula is C17H24ClN3O2. The molecule has 2 fully saturated rings. The first-order valence-corrected chi connectivity index (χ1v) is 8.75. The van der Waals surface area contributed by atoms with E-state index in [1.807, 2.05) is 6.07 Å². The maximum absolute atomic E-state index is 11.0. The summed E-state index contributed by atoms with van der Waals surface area (Å²) >= 11 is 6.22. The Hall–Kier alpha value is -1.46. The fourth-order valence-electron chi connectivity index (χ4n) is 3.44. The minimum absolute atomic E-state index is 0.585. The number of halogens is 1. The van der Waals surface area contributed by atoms with E-state index >= 15 is 0 Å². The summed E-state index contributed by atoms with van der Waals surface area (Å²) in [6.45, 7) is 5.80. The fraction of sp³-hybridized carbons (Fsp3) is 0.588. The third-order valence-electron chi connectivity index (χ3n) is 4.78. The van der Waals surface area contributed by atoms with Crippen LogP contribution in [-0.2, 0) is 6.54 Å². The summed E-state index contributed by atoms with van der Waals surface area (Å²) in [6, 6.07) is 6.16. The van der Waals surface area contributed by atoms with Crippen LogP contribution in [-0.4, -0.2) is 60.3 Å². The fourth-order valence-corrected chi connectivity index (χ4v) is 3.60. The number of piperidine rings is 1. The number of piperazine rings is 1. The maximum atomic E-state index is 11.0. The van der Waals surface area contributed by atoms with Crippen LogP contribution in [0.4, 0.5) is 10.5 Å². The van der Waals surface area contributed by atoms with Crippen molar-refractivity contribution in [1.29, 1.82) is 0 Å². The number of carbonyl (C=O) groups is 1. The van der Waals surface area contributed by atoms with Gasteiger partial charge in [-0.15, -0.1) is 0 Å². The standard InChI is InChI=1S/C17H24ClN3O2/c18-15-5-4-14(16(12-15)20-6-2-1-3-7-20)13-19-8-10-21(11-9-19)17(22)23/h4-5,12H,1-3,6-11,13H2,(H,22,23). The van der Waals surface area contributed by atoms with Crippen LogP contribution >= 0.6 is 11.6 Å². The normalized spacial score (nSPS) is 19.9. The molecule has 0 aliphatic carbocycles. The van der Waals surface area contributed by atoms with E-state index in [4.69, 9.17) is 16.7 Å². The summed E-state index contributed by atoms with van der Waals surface area (Å²) in [5.74, 6) is 0. The molecule has 0 aromatic heterocycles. The SMILES string of the molecule is O=C(O)N1CCN(Cc2ccc(Cl)cc2N2CCCCC2)CC1. The van der Waals surface area contributed by atoms with Crippen molar-refractivity contribution in [3.63, 3.8) is 0 Å². The summed E-state index contributed by atoms with van der Waals surface area (Å²) in [5.41, 5.74) is 2.54. The molecule has 3 rings (SSSR count). The smallest absolute Gasteiger partial charge is 0.407 e. The molecular weight excluding hydrogens is 314 g/mol. The second-order valence-corrected chi connectivity index (χ2v) is 6.80. The number of carboxylic acid groups (broad SMARTS) is 1. The van der Waals surface area contributed by atoms with Gasteiger partial charge in [-0.2, -0.15) is 0 Å². The molecule has 0 bridgehead atoms. The number of nitrogens with zero attached hydrogens (tertiary/aromatic N) is 3. The van der Waals surface area contributed by atoms with Gasteiger partial charge in [0.05, 0.1) is 0 Å². The highest BCUT2D eigenvalue weighted by molar-refractivity contribution is 6.30. The van der Waals surface area contributed by atoms with Crippen LogP contribution in [0.25, 0.3) is 0 Å². The highest BCUT2D eigenvalue weighted by atomic mass is 35.5. The molecule has 1 aromatic rings. The third-order valence-corrected chi connectivity index (χ3v) is 5.02. The number of rotatable bonds is 3. The molecule has 2 aliphatic heterocycles. The van der Waals surface area contributed by atoms with E-state index in [-0.39, 0.29) is 0 Å². The minimum atomic E-state index is -0.815. The summed E-state index contributed by atoms with van der Waals surface area (Å²) < 4.78 is 0. The van der Waals surface area contributed by atoms with E-state index in [9.17, 15) is 4.79 Å². The van der Waals surface area contributed by atoms with Crippen molar-refractivity contribution in [2.45, 2.75) is 25.8 Å². The Labute approximate surface area is 142 Å². The van der Waals surface area contributed by atoms with Gasteiger partial charge in [0.1, 0.15) is 0 Å². The van der Waals surface area contributed by atoms with Crippen molar-refractivity contribution in [3.8, 4) is 0 Å². The van der Waals surface area contributed by atoms with Crippen LogP contribution < -0.4 is 4.90 Å². The van der Waals surface area contributed by atoms with Gasteiger partial charge in [0.2, 0.25) is 0 Å². The predicted octanol–water partition coefficient (Wildman–Crippen LogP) is 3.13. The van der Waals surface area contributed by atoms with Gasteiger partial charge in [0, 0.05) is 56.5 Å². The number of amides is 1. The Morgan fingerprint density at radius 1 is 1.04 bits per heavy atom. The first-order chi connectivity index (χ1) is 11.1. The van der Waals surface area contributed by atoms with Crippen molar-refractivity contribution in [2.24, 2.45) is 0 Å². The zero-order valence-corrected chi connectivity index (χ0v) is 14.1. The Bertz CT molecular complexity index is 553. The van der Waals surface area contributed by atoms with E-state index in [2.05, 4.69) is 21.9 Å². The van der Waals surface area contributed by atoms with Gasteiger partial charge >= 0.3 is 6.09 Å². The Balaban J connectivity index is 1.69. The second-order valence-electron chi connectivity index (χ2n) is 6.37. The molecule has 0 saturated carbocycles. The zero-order chi connectivity index (χ0) is 16.2. The maximum Gasteiger partial charge on any atom is 0.407 e. The Morgan fingerprint density at radius 2 is 1.74 bits per heavy atom. The van der Waals surface area contributed by atoms with Crippen molar-refractivity contribution < 1.29 is 9.90 Å². The van der Waals surface area contributed by atoms with Crippen LogP contribution in [0.1, 0.15) is 24.8 Å². The third kappa shape index (κ3) is 4.09. The van der Waals surface area contributed by atoms with Crippen LogP contribution in [0, 0.1) is 0 Å². The molecule has 2 aliphatic rings. The average molecular weight is 338 g/mol. The molecule has 0 spiro atoms. The molecule has 0 atom stereocenters. The highest BCUT2D eigenvalue weighted by Crippen LogP contribution is 2.28. The van der Waals surface area contributed by atoms with E-state index in [1.165, 1.54) is 35.4 Å². The van der Waals surface area contributed by atoms with Crippen LogP contribution in [0.2, 0.25) is 5.02 Å². The first-order valence-electron chi connectivity index (χ1n) is 8.37. The Kier molecular flexibility index (Phi) is 5.28. The van der Waals surface area contributed by atoms with E-state index in [0.717, 1.165) is 37.7 Å². The molecule has 0 radical (unpaired) electrons. The lowest BCUT2D eigenvalue weighted by molar-refractivity contribution is 0.103. The molecule has 2 saturated heterocycles. The number of benzene rings is 1. The van der Waals surface area contributed by atoms with Gasteiger partial charge in [0.15, 0.2) is 0 Å². The first kappa shape index (κ1) is 16.4. The molecule has 0 unspecified atom stereocenters. The molecule has 5 nitrogen and oxygen atoms in total. The van der Waals surface area contributed by atoms with Gasteiger partial charge in [-0.05, 0) is 37.0 Å². The summed E-state index contributed by atoms with van der Waals surface area (Å²) in [5, 5.41) is 9.83. The van der Waals surface area contributed by atoms with Crippen LogP contribution in [0.3, 0.4) is 0 Å². The number of anilines is 1. The lowest BCUT2D eigenvalue weighted by Crippen LogP contribution is -2.47. The molecule has 6 heteroatoms. The summed E-state index contributed by atoms with van der Waals surface area (Å²) in [6.07, 6.45) is 2.97. The molecule has 23 heavy (non-hydrogen) atoms. The van der Waals surface area contributed by atoms with Crippen molar-refractivity contribution in [2.75, 3.05) is 44.2 Å². The molecule has 1 aromatic carbocycles. The van der Waals surface area contributed by atoms with Gasteiger partial charge in [-0.25, -0.2) is 4.79 Å². The molecule has 126 valence electrons. The van der Waals surface area contributed by atoms with Gasteiger partial charge in [-0.3, -0.25) is 4.90 Å². The summed E-state index contributed by atoms with van der Waals surface area (Å²) in [4.78, 5) is 17.3. The number of hydrogen-bond acceptors (Lipinski definition) is 3. The van der Waals surface area contributed by atoms with Gasteiger partial charge < -0.3 is 14.9 Å². The van der Waals surface area contributed by atoms with Gasteiger partial charge in [0.25, 0.3) is 0 Å². The lowest BCUT2D eigenvalue weighted by Gasteiger charge is -2.35. The molecule has 2 heterocycles. The van der Waals surface area contributed by atoms with Crippen LogP contribution in [0.5, 0.6) is 0 Å². The summed E-state index contributed by atoms with van der Waals surface area (Å²) in [7, 11) is 0. The largest absolute Gasteiger partial charge is 0.465 e. The monoisotopic (exact) mass is 337 g/mol. The Morgan fingerprint density at radius 3 is 2.39 bits per heavy atom. The predicted molar refractivity (Wildman–Crippen MR) is 92.4 cm³/mol. The van der Waals surface area contributed by atoms with Crippen molar-refractivity contribution in [1.82, 2.24) is 9.80 Å². The van der Waals surface area contributed by atoms with Crippen molar-refractivity contribution in [3.05, 3.63) is 28.8 Å². The van der Waals surface area contributed by atoms with E-state index in [0.29, 0.717) is 13.1 Å². The second kappa shape index (κ2) is 7.41. The van der Waals surface area contributed by atoms with Crippen molar-refractivity contribution >= 4 is 23.4 Å². The molecule has 1 amide bonds. The quantitative estimate of drug-likeness (QED) is 0.920. The van der Waals surface area contributed by atoms with E-state index in [1.54, 1.807) is 0 Å². The van der Waals surface area contributed by atoms with Gasteiger partial charge in [-0.1, -0.05) is 17.7 Å². The highest BCUT2D eigenvalue weighted by Gasteiger charge is 2.22. The van der Waals surface area contributed by atoms with E-state index < -0.39 is 6.09 Å².